The van der Waals surface area contributed by atoms with E-state index in [1.54, 1.807) is 25.4 Å². The molecule has 2 aliphatic heterocycles. The number of nitrogens with two attached hydrogens (primary N) is 1. The van der Waals surface area contributed by atoms with Gasteiger partial charge in [0.05, 0.1) is 17.8 Å². The van der Waals surface area contributed by atoms with E-state index in [9.17, 15) is 14.7 Å². The standard InChI is InChI=1S/C35H39N9O4/c1-23(38-22-42(2)36)24-4-6-25(7-5-24)26-12-15-44(16-13-26)32(46)20-43-17-14-35(21-43,48-3)34(47)39-28-9-10-30-29(18-28)33(41-40-30)27-8-11-31(45)37-19-27/h4-12,18-19,22H,1,13-17,20-21,36H2,2-3H3,(H,37,45)(H,39,47)(H,40,41)/b38-22-/t35-/m0/s1. The summed E-state index contributed by atoms with van der Waals surface area (Å²) in [4.78, 5) is 38.9. The number of benzene rings is 2. The first-order chi connectivity index (χ1) is 23.1. The molecule has 2 aromatic carbocycles. The van der Waals surface area contributed by atoms with E-state index in [2.05, 4.69) is 38.1 Å². The number of ether oxygens (including phenoxy) is 1. The Labute approximate surface area is 278 Å². The van der Waals surface area contributed by atoms with Gasteiger partial charge in [0.2, 0.25) is 11.8 Å². The normalized spacial score (nSPS) is 18.3. The molecule has 2 aromatic heterocycles. The number of aromatic hydroxyl groups is 1. The first kappa shape index (κ1) is 32.6. The van der Waals surface area contributed by atoms with Crippen LogP contribution in [0.25, 0.3) is 33.4 Å². The number of methoxy groups -OCH3 is 1. The van der Waals surface area contributed by atoms with Crippen LogP contribution in [-0.2, 0) is 14.3 Å². The van der Waals surface area contributed by atoms with Crippen molar-refractivity contribution in [1.29, 1.82) is 0 Å². The monoisotopic (exact) mass is 649 g/mol. The Morgan fingerprint density at radius 2 is 1.98 bits per heavy atom. The Morgan fingerprint density at radius 3 is 2.67 bits per heavy atom. The highest BCUT2D eigenvalue weighted by atomic mass is 16.5. The summed E-state index contributed by atoms with van der Waals surface area (Å²) < 4.78 is 5.82. The van der Waals surface area contributed by atoms with Crippen LogP contribution in [0, 0.1) is 0 Å². The van der Waals surface area contributed by atoms with Gasteiger partial charge in [0.15, 0.2) is 5.60 Å². The number of H-pyrrole nitrogens is 1. The summed E-state index contributed by atoms with van der Waals surface area (Å²) in [7, 11) is 3.23. The summed E-state index contributed by atoms with van der Waals surface area (Å²) in [5.74, 6) is 5.26. The van der Waals surface area contributed by atoms with Crippen LogP contribution < -0.4 is 11.2 Å². The molecule has 0 saturated carbocycles. The van der Waals surface area contributed by atoms with Gasteiger partial charge in [0.1, 0.15) is 12.0 Å². The number of aromatic amines is 1. The van der Waals surface area contributed by atoms with Crippen molar-refractivity contribution in [3.63, 3.8) is 0 Å². The molecule has 13 heteroatoms. The second kappa shape index (κ2) is 13.8. The zero-order valence-corrected chi connectivity index (χ0v) is 27.0. The van der Waals surface area contributed by atoms with E-state index < -0.39 is 5.60 Å². The molecule has 5 N–H and O–H groups in total. The molecule has 0 spiro atoms. The van der Waals surface area contributed by atoms with Crippen LogP contribution in [-0.4, -0.2) is 106 Å². The summed E-state index contributed by atoms with van der Waals surface area (Å²) in [6, 6.07) is 16.8. The molecule has 0 unspecified atom stereocenters. The third-order valence-corrected chi connectivity index (χ3v) is 8.86. The Morgan fingerprint density at radius 1 is 1.19 bits per heavy atom. The van der Waals surface area contributed by atoms with E-state index in [-0.39, 0.29) is 24.2 Å². The summed E-state index contributed by atoms with van der Waals surface area (Å²) in [5.41, 5.74) is 5.52. The van der Waals surface area contributed by atoms with Gasteiger partial charge < -0.3 is 25.1 Å². The number of aliphatic imine (C=N–C) groups is 1. The predicted octanol–water partition coefficient (Wildman–Crippen LogP) is 3.48. The fraction of sp³-hybridized carbons (Fsp3) is 0.286. The third-order valence-electron chi connectivity index (χ3n) is 8.86. The van der Waals surface area contributed by atoms with Gasteiger partial charge in [-0.15, -0.1) is 0 Å². The molecule has 2 amide bonds. The van der Waals surface area contributed by atoms with E-state index in [0.29, 0.717) is 49.7 Å². The molecule has 248 valence electrons. The maximum absolute atomic E-state index is 13.6. The number of nitrogens with zero attached hydrogens (tertiary/aromatic N) is 6. The molecule has 4 aromatic rings. The average molecular weight is 650 g/mol. The molecule has 2 aliphatic rings. The maximum Gasteiger partial charge on any atom is 0.258 e. The minimum Gasteiger partial charge on any atom is -0.493 e. The van der Waals surface area contributed by atoms with Gasteiger partial charge in [0, 0.05) is 69.2 Å². The minimum atomic E-state index is -1.09. The lowest BCUT2D eigenvalue weighted by molar-refractivity contribution is -0.138. The van der Waals surface area contributed by atoms with Gasteiger partial charge >= 0.3 is 0 Å². The van der Waals surface area contributed by atoms with Crippen molar-refractivity contribution in [2.75, 3.05) is 52.2 Å². The van der Waals surface area contributed by atoms with Crippen molar-refractivity contribution >= 4 is 46.0 Å². The Bertz CT molecular complexity index is 1880. The van der Waals surface area contributed by atoms with Crippen LogP contribution in [0.4, 0.5) is 5.69 Å². The van der Waals surface area contributed by atoms with E-state index in [1.807, 2.05) is 46.2 Å². The van der Waals surface area contributed by atoms with E-state index in [4.69, 9.17) is 10.6 Å². The zero-order valence-electron chi connectivity index (χ0n) is 27.0. The van der Waals surface area contributed by atoms with Crippen molar-refractivity contribution in [3.05, 3.63) is 84.6 Å². The van der Waals surface area contributed by atoms with Gasteiger partial charge in [-0.2, -0.15) is 5.10 Å². The molecule has 1 saturated heterocycles. The SMILES string of the molecule is C=C(/N=C\N(C)N)c1ccc(C2=CCN(C(=O)CN3CC[C@@](OC)(C(=O)Nc4ccc5[nH]nc(-c6ccc(O)nc6)c5c4)C3)CC2)cc1. The Hall–Kier alpha value is -5.37. The molecule has 0 radical (unpaired) electrons. The molecular weight excluding hydrogens is 610 g/mol. The van der Waals surface area contributed by atoms with Gasteiger partial charge in [-0.05, 0) is 53.8 Å². The van der Waals surface area contributed by atoms with Crippen molar-refractivity contribution in [2.24, 2.45) is 10.8 Å². The number of hydrogen-bond donors (Lipinski definition) is 4. The second-order valence-electron chi connectivity index (χ2n) is 12.1. The van der Waals surface area contributed by atoms with E-state index in [0.717, 1.165) is 34.0 Å². The molecule has 0 aliphatic carbocycles. The van der Waals surface area contributed by atoms with Gasteiger partial charge in [-0.1, -0.05) is 36.9 Å². The van der Waals surface area contributed by atoms with Crippen LogP contribution in [0.15, 0.2) is 78.4 Å². The number of carbonyl (C=O) groups excluding carboxylic acids is 2. The number of fused-ring (bicyclic) bond motifs is 1. The quantitative estimate of drug-likeness (QED) is 0.0871. The predicted molar refractivity (Wildman–Crippen MR) is 186 cm³/mol. The van der Waals surface area contributed by atoms with E-state index >= 15 is 0 Å². The van der Waals surface area contributed by atoms with E-state index in [1.165, 1.54) is 30.1 Å². The van der Waals surface area contributed by atoms with Crippen molar-refractivity contribution in [3.8, 4) is 17.1 Å². The summed E-state index contributed by atoms with van der Waals surface area (Å²) >= 11 is 0. The summed E-state index contributed by atoms with van der Waals surface area (Å²) in [6.07, 6.45) is 6.36. The van der Waals surface area contributed by atoms with Crippen molar-refractivity contribution in [1.82, 2.24) is 30.0 Å². The molecule has 4 heterocycles. The highest BCUT2D eigenvalue weighted by Gasteiger charge is 2.45. The fourth-order valence-corrected chi connectivity index (χ4v) is 6.08. The first-order valence-corrected chi connectivity index (χ1v) is 15.6. The van der Waals surface area contributed by atoms with Gasteiger partial charge in [-0.3, -0.25) is 19.6 Å². The second-order valence-corrected chi connectivity index (χ2v) is 12.1. The lowest BCUT2D eigenvalue weighted by Crippen LogP contribution is -2.48. The number of hydrogen-bond acceptors (Lipinski definition) is 9. The lowest BCUT2D eigenvalue weighted by Gasteiger charge is -2.30. The average Bonchev–Trinajstić information content (AvgIpc) is 3.72. The number of pyridine rings is 1. The maximum atomic E-state index is 13.6. The number of aromatic nitrogens is 3. The van der Waals surface area contributed by atoms with Gasteiger partial charge in [0.25, 0.3) is 5.91 Å². The molecule has 48 heavy (non-hydrogen) atoms. The number of nitrogens with one attached hydrogen (secondary N) is 2. The highest BCUT2D eigenvalue weighted by Crippen LogP contribution is 2.31. The van der Waals surface area contributed by atoms with Crippen LogP contribution in [0.1, 0.15) is 24.0 Å². The Balaban J connectivity index is 1.05. The molecule has 0 bridgehead atoms. The van der Waals surface area contributed by atoms with Crippen LogP contribution in [0.2, 0.25) is 0 Å². The number of anilines is 1. The first-order valence-electron chi connectivity index (χ1n) is 15.6. The molecule has 6 rings (SSSR count). The fourth-order valence-electron chi connectivity index (χ4n) is 6.08. The van der Waals surface area contributed by atoms with Gasteiger partial charge in [-0.25, -0.2) is 15.8 Å². The number of carbonyl (C=O) groups is 2. The molecule has 1 atom stereocenters. The van der Waals surface area contributed by atoms with Crippen LogP contribution >= 0.6 is 0 Å². The smallest absolute Gasteiger partial charge is 0.258 e. The number of amides is 2. The van der Waals surface area contributed by atoms with Crippen LogP contribution in [0.3, 0.4) is 0 Å². The largest absolute Gasteiger partial charge is 0.493 e. The third kappa shape index (κ3) is 6.98. The number of hydrazine groups is 1. The molecular formula is C35H39N9O4. The number of rotatable bonds is 10. The molecule has 1 fully saturated rings. The summed E-state index contributed by atoms with van der Waals surface area (Å²) in [6.45, 7) is 6.21. The number of likely N-dealkylation sites (tertiary alicyclic amines) is 1. The summed E-state index contributed by atoms with van der Waals surface area (Å²) in [5, 5.41) is 22.1. The topological polar surface area (TPSA) is 165 Å². The lowest BCUT2D eigenvalue weighted by atomic mass is 9.98. The van der Waals surface area contributed by atoms with Crippen LogP contribution in [0.5, 0.6) is 5.88 Å². The zero-order chi connectivity index (χ0) is 33.8. The highest BCUT2D eigenvalue weighted by molar-refractivity contribution is 6.01. The molecule has 13 nitrogen and oxygen atoms in total. The Kier molecular flexibility index (Phi) is 9.35. The van der Waals surface area contributed by atoms with Crippen molar-refractivity contribution < 1.29 is 19.4 Å². The minimum absolute atomic E-state index is 0.0219. The van der Waals surface area contributed by atoms with Crippen molar-refractivity contribution in [2.45, 2.75) is 18.4 Å².